The lowest BCUT2D eigenvalue weighted by atomic mass is 10.2. The van der Waals surface area contributed by atoms with Crippen LogP contribution in [0.5, 0.6) is 0 Å². The summed E-state index contributed by atoms with van der Waals surface area (Å²) in [6, 6.07) is 7.79. The first-order valence-electron chi connectivity index (χ1n) is 7.83. The first-order valence-corrected chi connectivity index (χ1v) is 7.83. The number of aromatic nitrogens is 1. The summed E-state index contributed by atoms with van der Waals surface area (Å²) in [6.07, 6.45) is 3.16. The minimum atomic E-state index is -0.364. The molecule has 1 atom stereocenters. The van der Waals surface area contributed by atoms with Crippen LogP contribution in [0.2, 0.25) is 0 Å². The Morgan fingerprint density at radius 3 is 3.17 bits per heavy atom. The highest BCUT2D eigenvalue weighted by Gasteiger charge is 2.33. The number of amides is 1. The van der Waals surface area contributed by atoms with Gasteiger partial charge in [-0.05, 0) is 37.1 Å². The number of oxazole rings is 1. The fourth-order valence-corrected chi connectivity index (χ4v) is 2.98. The molecule has 6 nitrogen and oxygen atoms in total. The molecule has 24 heavy (non-hydrogen) atoms. The molecule has 2 aromatic heterocycles. The van der Waals surface area contributed by atoms with E-state index < -0.39 is 0 Å². The predicted molar refractivity (Wildman–Crippen MR) is 84.9 cm³/mol. The number of fused-ring (bicyclic) bond motifs is 1. The first kappa shape index (κ1) is 14.7. The SMILES string of the molecule is O=C(NCc1ccco1)C1CCCN1c1nc2cc(F)ccc2o1. The highest BCUT2D eigenvalue weighted by atomic mass is 19.1. The van der Waals surface area contributed by atoms with E-state index >= 15 is 0 Å². The maximum Gasteiger partial charge on any atom is 0.299 e. The van der Waals surface area contributed by atoms with Gasteiger partial charge in [-0.3, -0.25) is 4.79 Å². The number of carbonyl (C=O) groups excluding carboxylic acids is 1. The van der Waals surface area contributed by atoms with E-state index in [1.165, 1.54) is 12.1 Å². The number of nitrogens with one attached hydrogen (secondary N) is 1. The molecule has 0 saturated carbocycles. The van der Waals surface area contributed by atoms with Gasteiger partial charge in [-0.25, -0.2) is 4.39 Å². The van der Waals surface area contributed by atoms with E-state index in [2.05, 4.69) is 10.3 Å². The van der Waals surface area contributed by atoms with Crippen molar-refractivity contribution in [3.8, 4) is 0 Å². The first-order chi connectivity index (χ1) is 11.7. The van der Waals surface area contributed by atoms with Gasteiger partial charge in [0.25, 0.3) is 6.01 Å². The third-order valence-corrected chi connectivity index (χ3v) is 4.16. The largest absolute Gasteiger partial charge is 0.467 e. The molecule has 1 saturated heterocycles. The number of halogens is 1. The fraction of sp³-hybridized carbons (Fsp3) is 0.294. The molecule has 3 heterocycles. The molecule has 7 heteroatoms. The molecule has 1 amide bonds. The van der Waals surface area contributed by atoms with Crippen LogP contribution in [0.3, 0.4) is 0 Å². The number of benzene rings is 1. The number of hydrogen-bond acceptors (Lipinski definition) is 5. The van der Waals surface area contributed by atoms with Crippen molar-refractivity contribution in [2.45, 2.75) is 25.4 Å². The number of hydrogen-bond donors (Lipinski definition) is 1. The van der Waals surface area contributed by atoms with Crippen LogP contribution in [0.1, 0.15) is 18.6 Å². The predicted octanol–water partition coefficient (Wildman–Crippen LogP) is 2.85. The molecule has 1 fully saturated rings. The Labute approximate surface area is 137 Å². The Bertz CT molecular complexity index is 859. The van der Waals surface area contributed by atoms with Crippen molar-refractivity contribution in [1.82, 2.24) is 10.3 Å². The maximum absolute atomic E-state index is 13.3. The van der Waals surface area contributed by atoms with Gasteiger partial charge in [0.05, 0.1) is 12.8 Å². The van der Waals surface area contributed by atoms with Crippen molar-refractivity contribution in [1.29, 1.82) is 0 Å². The average molecular weight is 329 g/mol. The van der Waals surface area contributed by atoms with Crippen LogP contribution >= 0.6 is 0 Å². The Morgan fingerprint density at radius 1 is 1.42 bits per heavy atom. The molecule has 124 valence electrons. The molecule has 1 unspecified atom stereocenters. The number of rotatable bonds is 4. The van der Waals surface area contributed by atoms with Crippen LogP contribution in [0.15, 0.2) is 45.4 Å². The van der Waals surface area contributed by atoms with Gasteiger partial charge in [0.2, 0.25) is 5.91 Å². The summed E-state index contributed by atoms with van der Waals surface area (Å²) in [4.78, 5) is 18.6. The van der Waals surface area contributed by atoms with Crippen molar-refractivity contribution < 1.29 is 18.0 Å². The van der Waals surface area contributed by atoms with E-state index in [0.29, 0.717) is 36.0 Å². The molecule has 0 aliphatic carbocycles. The van der Waals surface area contributed by atoms with E-state index in [1.807, 2.05) is 11.0 Å². The smallest absolute Gasteiger partial charge is 0.299 e. The third-order valence-electron chi connectivity index (χ3n) is 4.16. The van der Waals surface area contributed by atoms with Gasteiger partial charge in [0, 0.05) is 12.6 Å². The van der Waals surface area contributed by atoms with Gasteiger partial charge in [0.15, 0.2) is 5.58 Å². The van der Waals surface area contributed by atoms with Crippen molar-refractivity contribution in [3.05, 3.63) is 48.2 Å². The fourth-order valence-electron chi connectivity index (χ4n) is 2.98. The Balaban J connectivity index is 1.51. The summed E-state index contributed by atoms with van der Waals surface area (Å²) in [7, 11) is 0. The summed E-state index contributed by atoms with van der Waals surface area (Å²) in [5.74, 6) is 0.235. The number of nitrogens with zero attached hydrogens (tertiary/aromatic N) is 2. The van der Waals surface area contributed by atoms with E-state index in [4.69, 9.17) is 8.83 Å². The van der Waals surface area contributed by atoms with Gasteiger partial charge in [-0.2, -0.15) is 4.98 Å². The van der Waals surface area contributed by atoms with Crippen LogP contribution in [-0.4, -0.2) is 23.5 Å². The van der Waals surface area contributed by atoms with Gasteiger partial charge >= 0.3 is 0 Å². The monoisotopic (exact) mass is 329 g/mol. The summed E-state index contributed by atoms with van der Waals surface area (Å²) in [5, 5.41) is 2.87. The lowest BCUT2D eigenvalue weighted by molar-refractivity contribution is -0.122. The average Bonchev–Trinajstić information content (AvgIpc) is 3.30. The van der Waals surface area contributed by atoms with E-state index in [9.17, 15) is 9.18 Å². The minimum Gasteiger partial charge on any atom is -0.467 e. The number of furan rings is 1. The second kappa shape index (κ2) is 5.99. The van der Waals surface area contributed by atoms with Gasteiger partial charge < -0.3 is 19.1 Å². The van der Waals surface area contributed by atoms with E-state index in [0.717, 1.165) is 12.8 Å². The third kappa shape index (κ3) is 2.73. The van der Waals surface area contributed by atoms with Crippen molar-refractivity contribution in [3.63, 3.8) is 0 Å². The van der Waals surface area contributed by atoms with Crippen molar-refractivity contribution in [2.75, 3.05) is 11.4 Å². The van der Waals surface area contributed by atoms with E-state index in [1.54, 1.807) is 18.4 Å². The molecule has 1 aromatic carbocycles. The zero-order valence-electron chi connectivity index (χ0n) is 12.9. The molecule has 0 radical (unpaired) electrons. The summed E-state index contributed by atoms with van der Waals surface area (Å²) < 4.78 is 24.2. The second-order valence-corrected chi connectivity index (χ2v) is 5.76. The summed E-state index contributed by atoms with van der Waals surface area (Å²) >= 11 is 0. The second-order valence-electron chi connectivity index (χ2n) is 5.76. The highest BCUT2D eigenvalue weighted by molar-refractivity contribution is 5.85. The number of anilines is 1. The normalized spacial score (nSPS) is 17.5. The Hall–Kier alpha value is -2.83. The van der Waals surface area contributed by atoms with Crippen LogP contribution in [0, 0.1) is 5.82 Å². The molecule has 1 aliphatic heterocycles. The molecule has 3 aromatic rings. The van der Waals surface area contributed by atoms with Crippen LogP contribution in [0.25, 0.3) is 11.1 Å². The molecule has 1 N–H and O–H groups in total. The zero-order valence-corrected chi connectivity index (χ0v) is 12.9. The number of carbonyl (C=O) groups is 1. The molecule has 0 spiro atoms. The standard InChI is InChI=1S/C17H16FN3O3/c18-11-5-6-15-13(9-11)20-17(24-15)21-7-1-4-14(21)16(22)19-10-12-3-2-8-23-12/h2-3,5-6,8-9,14H,1,4,7,10H2,(H,19,22). The summed E-state index contributed by atoms with van der Waals surface area (Å²) in [6.45, 7) is 1.02. The summed E-state index contributed by atoms with van der Waals surface area (Å²) in [5.41, 5.74) is 0.958. The zero-order chi connectivity index (χ0) is 16.5. The maximum atomic E-state index is 13.3. The molecule has 4 rings (SSSR count). The topological polar surface area (TPSA) is 71.5 Å². The van der Waals surface area contributed by atoms with Crippen LogP contribution in [0.4, 0.5) is 10.4 Å². The van der Waals surface area contributed by atoms with Crippen molar-refractivity contribution in [2.24, 2.45) is 0 Å². The Kier molecular flexibility index (Phi) is 3.68. The lowest BCUT2D eigenvalue weighted by Crippen LogP contribution is -2.43. The quantitative estimate of drug-likeness (QED) is 0.797. The lowest BCUT2D eigenvalue weighted by Gasteiger charge is -2.21. The van der Waals surface area contributed by atoms with Crippen LogP contribution < -0.4 is 10.2 Å². The highest BCUT2D eigenvalue weighted by Crippen LogP contribution is 2.28. The molecule has 0 bridgehead atoms. The van der Waals surface area contributed by atoms with Crippen molar-refractivity contribution >= 4 is 23.0 Å². The molecular formula is C17H16FN3O3. The van der Waals surface area contributed by atoms with Gasteiger partial charge in [-0.15, -0.1) is 0 Å². The van der Waals surface area contributed by atoms with E-state index in [-0.39, 0.29) is 17.8 Å². The molecule has 1 aliphatic rings. The van der Waals surface area contributed by atoms with Gasteiger partial charge in [0.1, 0.15) is 23.1 Å². The Morgan fingerprint density at radius 2 is 2.33 bits per heavy atom. The van der Waals surface area contributed by atoms with Gasteiger partial charge in [-0.1, -0.05) is 0 Å². The molecular weight excluding hydrogens is 313 g/mol. The van der Waals surface area contributed by atoms with Crippen LogP contribution in [-0.2, 0) is 11.3 Å². The minimum absolute atomic E-state index is 0.0997.